The molecule has 0 aliphatic heterocycles. The second kappa shape index (κ2) is 11.8. The molecule has 130 valence electrons. The molecular weight excluding hydrogens is 346 g/mol. The normalized spacial score (nSPS) is 10.7. The second-order valence-corrected chi connectivity index (χ2v) is 7.51. The molecule has 0 fully saturated rings. The van der Waals surface area contributed by atoms with Gasteiger partial charge in [-0.25, -0.2) is 0 Å². The number of aryl methyl sites for hydroxylation is 1. The van der Waals surface area contributed by atoms with Gasteiger partial charge < -0.3 is 4.74 Å². The number of carbonyl (C=O) groups is 1. The molecule has 0 spiro atoms. The van der Waals surface area contributed by atoms with E-state index in [0.717, 1.165) is 29.6 Å². The van der Waals surface area contributed by atoms with Crippen LogP contribution in [0, 0.1) is 6.92 Å². The first-order chi connectivity index (χ1) is 11.6. The average Bonchev–Trinajstić information content (AvgIpc) is 2.56. The molecular formula is C20H25ClLiO2P. The molecule has 2 aromatic carbocycles. The Bertz CT molecular complexity index is 654. The van der Waals surface area contributed by atoms with Crippen LogP contribution < -0.4 is 10.0 Å². The topological polar surface area (TPSA) is 26.3 Å². The zero-order valence-corrected chi connectivity index (χ0v) is 16.0. The summed E-state index contributed by atoms with van der Waals surface area (Å²) in [4.78, 5) is 12.5. The summed E-state index contributed by atoms with van der Waals surface area (Å²) < 4.78 is 5.73. The molecule has 0 amide bonds. The van der Waals surface area contributed by atoms with Crippen molar-refractivity contribution in [2.24, 2.45) is 0 Å². The van der Waals surface area contributed by atoms with Gasteiger partial charge in [0.25, 0.3) is 0 Å². The monoisotopic (exact) mass is 370 g/mol. The number of ether oxygens (including phenoxy) is 1. The van der Waals surface area contributed by atoms with Gasteiger partial charge in [0.1, 0.15) is 5.75 Å². The maximum absolute atomic E-state index is 12.5. The zero-order valence-electron chi connectivity index (χ0n) is 14.3. The number of unbranched alkanes of at least 4 members (excludes halogenated alkanes) is 3. The predicted molar refractivity (Wildman–Crippen MR) is 112 cm³/mol. The van der Waals surface area contributed by atoms with E-state index in [-0.39, 0.29) is 33.0 Å². The average molecular weight is 371 g/mol. The van der Waals surface area contributed by atoms with Crippen LogP contribution in [0.15, 0.2) is 42.5 Å². The molecule has 0 N–H and O–H groups in total. The number of hydrogen-bond donors (Lipinski definition) is 0. The molecule has 0 aliphatic rings. The van der Waals surface area contributed by atoms with Crippen LogP contribution in [0.2, 0.25) is 5.02 Å². The molecule has 0 heterocycles. The van der Waals surface area contributed by atoms with Crippen molar-refractivity contribution in [1.82, 2.24) is 0 Å². The molecule has 0 aliphatic carbocycles. The fourth-order valence-electron chi connectivity index (χ4n) is 2.47. The summed E-state index contributed by atoms with van der Waals surface area (Å²) in [5, 5.41) is 1.53. The van der Waals surface area contributed by atoms with Gasteiger partial charge in [-0.3, -0.25) is 4.79 Å². The van der Waals surface area contributed by atoms with Crippen LogP contribution in [0.1, 0.15) is 48.5 Å². The Labute approximate surface area is 169 Å². The number of benzene rings is 2. The Morgan fingerprint density at radius 3 is 2.44 bits per heavy atom. The van der Waals surface area contributed by atoms with E-state index in [2.05, 4.69) is 6.92 Å². The Kier molecular flexibility index (Phi) is 10.5. The summed E-state index contributed by atoms with van der Waals surface area (Å²) in [7, 11) is 0.0682. The van der Waals surface area contributed by atoms with Gasteiger partial charge in [0.15, 0.2) is 5.52 Å². The SMILES string of the molecule is CCCCCCOc1ccc(PC(=O)c2c(C)cccc2Cl)cc1.[LiH]. The number of rotatable bonds is 9. The van der Waals surface area contributed by atoms with E-state index in [1.54, 1.807) is 6.07 Å². The Hall–Kier alpha value is -0.773. The fourth-order valence-corrected chi connectivity index (χ4v) is 3.91. The van der Waals surface area contributed by atoms with Gasteiger partial charge in [-0.2, -0.15) is 0 Å². The quantitative estimate of drug-likeness (QED) is 0.348. The van der Waals surface area contributed by atoms with E-state index in [4.69, 9.17) is 16.3 Å². The van der Waals surface area contributed by atoms with Crippen LogP contribution in [0.5, 0.6) is 5.75 Å². The van der Waals surface area contributed by atoms with E-state index < -0.39 is 0 Å². The summed E-state index contributed by atoms with van der Waals surface area (Å²) in [6.07, 6.45) is 4.78. The fraction of sp³-hybridized carbons (Fsp3) is 0.350. The van der Waals surface area contributed by atoms with Gasteiger partial charge >= 0.3 is 18.9 Å². The van der Waals surface area contributed by atoms with E-state index >= 15 is 0 Å². The third kappa shape index (κ3) is 7.16. The molecule has 0 aromatic heterocycles. The van der Waals surface area contributed by atoms with Gasteiger partial charge in [0.2, 0.25) is 0 Å². The van der Waals surface area contributed by atoms with Crippen molar-refractivity contribution in [3.05, 3.63) is 58.6 Å². The first-order valence-electron chi connectivity index (χ1n) is 8.41. The summed E-state index contributed by atoms with van der Waals surface area (Å²) in [6.45, 7) is 4.87. The summed E-state index contributed by atoms with van der Waals surface area (Å²) in [5.74, 6) is 0.862. The van der Waals surface area contributed by atoms with Crippen molar-refractivity contribution in [3.8, 4) is 5.75 Å². The van der Waals surface area contributed by atoms with Crippen LogP contribution in [0.25, 0.3) is 0 Å². The van der Waals surface area contributed by atoms with E-state index in [9.17, 15) is 4.79 Å². The molecule has 0 radical (unpaired) electrons. The van der Waals surface area contributed by atoms with Crippen molar-refractivity contribution in [2.75, 3.05) is 6.61 Å². The van der Waals surface area contributed by atoms with Crippen molar-refractivity contribution >= 4 is 49.9 Å². The molecule has 5 heteroatoms. The first-order valence-corrected chi connectivity index (χ1v) is 9.79. The third-order valence-electron chi connectivity index (χ3n) is 3.83. The van der Waals surface area contributed by atoms with E-state index in [1.807, 2.05) is 43.3 Å². The molecule has 1 atom stereocenters. The second-order valence-electron chi connectivity index (χ2n) is 5.82. The molecule has 0 saturated carbocycles. The first kappa shape index (κ1) is 22.3. The van der Waals surface area contributed by atoms with Gasteiger partial charge in [-0.05, 0) is 51.0 Å². The number of halogens is 1. The minimum atomic E-state index is 0. The molecule has 25 heavy (non-hydrogen) atoms. The van der Waals surface area contributed by atoms with Crippen LogP contribution in [-0.2, 0) is 0 Å². The summed E-state index contributed by atoms with van der Waals surface area (Å²) in [6, 6.07) is 13.3. The van der Waals surface area contributed by atoms with Crippen LogP contribution >= 0.6 is 20.2 Å². The van der Waals surface area contributed by atoms with E-state index in [1.165, 1.54) is 19.3 Å². The van der Waals surface area contributed by atoms with E-state index in [0.29, 0.717) is 10.6 Å². The number of hydrogen-bond acceptors (Lipinski definition) is 2. The maximum atomic E-state index is 12.5. The molecule has 2 rings (SSSR count). The zero-order chi connectivity index (χ0) is 17.4. The van der Waals surface area contributed by atoms with Gasteiger partial charge in [0.05, 0.1) is 11.6 Å². The van der Waals surface area contributed by atoms with Crippen LogP contribution in [-0.4, -0.2) is 31.0 Å². The molecule has 2 aromatic rings. The Morgan fingerprint density at radius 2 is 1.80 bits per heavy atom. The van der Waals surface area contributed by atoms with Gasteiger partial charge in [0, 0.05) is 5.56 Å². The minimum absolute atomic E-state index is 0. The molecule has 0 bridgehead atoms. The predicted octanol–water partition coefficient (Wildman–Crippen LogP) is 5.10. The summed E-state index contributed by atoms with van der Waals surface area (Å²) >= 11 is 6.17. The number of carbonyl (C=O) groups excluding carboxylic acids is 1. The van der Waals surface area contributed by atoms with Crippen molar-refractivity contribution < 1.29 is 9.53 Å². The van der Waals surface area contributed by atoms with Crippen LogP contribution in [0.3, 0.4) is 0 Å². The van der Waals surface area contributed by atoms with Crippen LogP contribution in [0.4, 0.5) is 0 Å². The van der Waals surface area contributed by atoms with Gasteiger partial charge in [-0.15, -0.1) is 0 Å². The molecule has 0 saturated heterocycles. The molecule has 1 unspecified atom stereocenters. The Morgan fingerprint density at radius 1 is 1.08 bits per heavy atom. The van der Waals surface area contributed by atoms with Crippen molar-refractivity contribution in [1.29, 1.82) is 0 Å². The third-order valence-corrected chi connectivity index (χ3v) is 5.24. The standard InChI is InChI=1S/C20H24ClO2P.Li.H/c1-3-4-5-6-14-23-16-10-12-17(13-11-16)24-20(22)19-15(2)8-7-9-18(19)21;;/h7-13,24H,3-6,14H2,1-2H3;;. The Balaban J connectivity index is 0.00000312. The molecule has 2 nitrogen and oxygen atoms in total. The van der Waals surface area contributed by atoms with Crippen molar-refractivity contribution in [2.45, 2.75) is 39.5 Å². The van der Waals surface area contributed by atoms with Crippen molar-refractivity contribution in [3.63, 3.8) is 0 Å². The summed E-state index contributed by atoms with van der Waals surface area (Å²) in [5.41, 5.74) is 1.63. The van der Waals surface area contributed by atoms with Gasteiger partial charge in [-0.1, -0.05) is 62.1 Å².